The van der Waals surface area contributed by atoms with E-state index < -0.39 is 5.91 Å². The molecule has 0 aliphatic rings. The lowest BCUT2D eigenvalue weighted by molar-refractivity contribution is 0.102. The standard InChI is InChI=1S/C12H11N3O2/c1-8-4-5-10(16)9(7-8)12(17)14-11-3-2-6-13-15-11/h2-7,16H,1H3,(H,14,15,17). The Hall–Kier alpha value is -2.43. The van der Waals surface area contributed by atoms with Gasteiger partial charge in [-0.25, -0.2) is 0 Å². The first-order valence-electron chi connectivity index (χ1n) is 5.05. The van der Waals surface area contributed by atoms with Gasteiger partial charge in [-0.1, -0.05) is 11.6 Å². The molecule has 86 valence electrons. The van der Waals surface area contributed by atoms with Gasteiger partial charge in [0.2, 0.25) is 0 Å². The summed E-state index contributed by atoms with van der Waals surface area (Å²) in [5.41, 5.74) is 1.11. The van der Waals surface area contributed by atoms with Crippen molar-refractivity contribution < 1.29 is 9.90 Å². The highest BCUT2D eigenvalue weighted by molar-refractivity contribution is 6.05. The molecule has 17 heavy (non-hydrogen) atoms. The number of phenols is 1. The molecule has 0 atom stereocenters. The molecule has 0 unspecified atom stereocenters. The number of rotatable bonds is 2. The van der Waals surface area contributed by atoms with Gasteiger partial charge >= 0.3 is 0 Å². The molecule has 1 amide bonds. The molecule has 0 radical (unpaired) electrons. The summed E-state index contributed by atoms with van der Waals surface area (Å²) in [7, 11) is 0. The molecule has 1 aromatic heterocycles. The van der Waals surface area contributed by atoms with Crippen molar-refractivity contribution in [2.45, 2.75) is 6.92 Å². The predicted octanol–water partition coefficient (Wildman–Crippen LogP) is 1.74. The highest BCUT2D eigenvalue weighted by atomic mass is 16.3. The molecule has 2 aromatic rings. The van der Waals surface area contributed by atoms with Crippen molar-refractivity contribution >= 4 is 11.7 Å². The second kappa shape index (κ2) is 4.61. The number of amides is 1. The van der Waals surface area contributed by atoms with Gasteiger partial charge in [0.25, 0.3) is 5.91 Å². The molecule has 2 rings (SSSR count). The van der Waals surface area contributed by atoms with Crippen LogP contribution in [0.4, 0.5) is 5.82 Å². The number of aromatic hydroxyl groups is 1. The zero-order chi connectivity index (χ0) is 12.3. The molecule has 0 bridgehead atoms. The minimum Gasteiger partial charge on any atom is -0.507 e. The first-order valence-corrected chi connectivity index (χ1v) is 5.05. The first-order chi connectivity index (χ1) is 8.16. The van der Waals surface area contributed by atoms with Gasteiger partial charge in [-0.3, -0.25) is 4.79 Å². The zero-order valence-electron chi connectivity index (χ0n) is 9.21. The Morgan fingerprint density at radius 3 is 2.88 bits per heavy atom. The van der Waals surface area contributed by atoms with E-state index in [0.29, 0.717) is 5.82 Å². The summed E-state index contributed by atoms with van der Waals surface area (Å²) >= 11 is 0. The molecule has 1 heterocycles. The van der Waals surface area contributed by atoms with E-state index in [-0.39, 0.29) is 11.3 Å². The molecule has 0 aliphatic heterocycles. The maximum absolute atomic E-state index is 11.8. The van der Waals surface area contributed by atoms with Crippen molar-refractivity contribution in [1.82, 2.24) is 10.2 Å². The normalized spacial score (nSPS) is 9.94. The summed E-state index contributed by atoms with van der Waals surface area (Å²) in [6.07, 6.45) is 1.51. The Balaban J connectivity index is 2.23. The van der Waals surface area contributed by atoms with Gasteiger partial charge in [-0.05, 0) is 31.2 Å². The average molecular weight is 229 g/mol. The Labute approximate surface area is 98.1 Å². The third-order valence-electron chi connectivity index (χ3n) is 2.21. The Morgan fingerprint density at radius 1 is 1.35 bits per heavy atom. The molecule has 0 fully saturated rings. The number of aromatic nitrogens is 2. The van der Waals surface area contributed by atoms with Crippen molar-refractivity contribution in [1.29, 1.82) is 0 Å². The molecule has 0 saturated carbocycles. The molecule has 5 nitrogen and oxygen atoms in total. The summed E-state index contributed by atoms with van der Waals surface area (Å²) in [4.78, 5) is 11.8. The van der Waals surface area contributed by atoms with E-state index in [1.54, 1.807) is 24.3 Å². The smallest absolute Gasteiger partial charge is 0.260 e. The van der Waals surface area contributed by atoms with E-state index >= 15 is 0 Å². The number of hydrogen-bond donors (Lipinski definition) is 2. The summed E-state index contributed by atoms with van der Waals surface area (Å²) in [6, 6.07) is 8.12. The van der Waals surface area contributed by atoms with Crippen LogP contribution in [0.2, 0.25) is 0 Å². The Bertz CT molecular complexity index is 541. The van der Waals surface area contributed by atoms with Crippen LogP contribution in [0.1, 0.15) is 15.9 Å². The van der Waals surface area contributed by atoms with Crippen LogP contribution in [0.15, 0.2) is 36.5 Å². The summed E-state index contributed by atoms with van der Waals surface area (Å²) in [6.45, 7) is 1.85. The zero-order valence-corrected chi connectivity index (χ0v) is 9.21. The van der Waals surface area contributed by atoms with Gasteiger partial charge in [0, 0.05) is 6.20 Å². The highest BCUT2D eigenvalue weighted by Crippen LogP contribution is 2.19. The molecule has 0 spiro atoms. The van der Waals surface area contributed by atoms with Crippen LogP contribution in [-0.2, 0) is 0 Å². The van der Waals surface area contributed by atoms with E-state index in [4.69, 9.17) is 0 Å². The van der Waals surface area contributed by atoms with Crippen LogP contribution in [0, 0.1) is 6.92 Å². The summed E-state index contributed by atoms with van der Waals surface area (Å²) in [5, 5.41) is 19.5. The third-order valence-corrected chi connectivity index (χ3v) is 2.21. The summed E-state index contributed by atoms with van der Waals surface area (Å²) < 4.78 is 0. The van der Waals surface area contributed by atoms with Crippen molar-refractivity contribution in [3.8, 4) is 5.75 Å². The van der Waals surface area contributed by atoms with Crippen LogP contribution < -0.4 is 5.32 Å². The number of aryl methyl sites for hydroxylation is 1. The number of phenolic OH excluding ortho intramolecular Hbond substituents is 1. The average Bonchev–Trinajstić information content (AvgIpc) is 2.33. The lowest BCUT2D eigenvalue weighted by Crippen LogP contribution is -2.13. The van der Waals surface area contributed by atoms with Crippen molar-refractivity contribution in [2.24, 2.45) is 0 Å². The fourth-order valence-corrected chi connectivity index (χ4v) is 1.38. The van der Waals surface area contributed by atoms with E-state index in [9.17, 15) is 9.90 Å². The van der Waals surface area contributed by atoms with Gasteiger partial charge < -0.3 is 10.4 Å². The van der Waals surface area contributed by atoms with Gasteiger partial charge in [-0.15, -0.1) is 5.10 Å². The van der Waals surface area contributed by atoms with Crippen molar-refractivity contribution in [2.75, 3.05) is 5.32 Å². The quantitative estimate of drug-likeness (QED) is 0.822. The van der Waals surface area contributed by atoms with Gasteiger partial charge in [0.15, 0.2) is 5.82 Å². The number of carbonyl (C=O) groups is 1. The number of benzene rings is 1. The highest BCUT2D eigenvalue weighted by Gasteiger charge is 2.11. The number of hydrogen-bond acceptors (Lipinski definition) is 4. The topological polar surface area (TPSA) is 75.1 Å². The van der Waals surface area contributed by atoms with Crippen LogP contribution in [0.3, 0.4) is 0 Å². The van der Waals surface area contributed by atoms with Crippen LogP contribution in [0.5, 0.6) is 5.75 Å². The fourth-order valence-electron chi connectivity index (χ4n) is 1.38. The monoisotopic (exact) mass is 229 g/mol. The number of nitrogens with zero attached hydrogens (tertiary/aromatic N) is 2. The van der Waals surface area contributed by atoms with Crippen LogP contribution in [0.25, 0.3) is 0 Å². The molecule has 0 aliphatic carbocycles. The molecule has 0 saturated heterocycles. The Morgan fingerprint density at radius 2 is 2.18 bits per heavy atom. The minimum atomic E-state index is -0.410. The minimum absolute atomic E-state index is 0.0583. The molecular formula is C12H11N3O2. The number of anilines is 1. The summed E-state index contributed by atoms with van der Waals surface area (Å²) in [5.74, 6) is -0.123. The lowest BCUT2D eigenvalue weighted by Gasteiger charge is -2.06. The maximum Gasteiger partial charge on any atom is 0.260 e. The number of nitrogens with one attached hydrogen (secondary N) is 1. The maximum atomic E-state index is 11.8. The number of carbonyl (C=O) groups excluding carboxylic acids is 1. The molecule has 1 aromatic carbocycles. The largest absolute Gasteiger partial charge is 0.507 e. The van der Waals surface area contributed by atoms with Gasteiger partial charge in [0.05, 0.1) is 5.56 Å². The van der Waals surface area contributed by atoms with E-state index in [1.807, 2.05) is 6.92 Å². The van der Waals surface area contributed by atoms with E-state index in [2.05, 4.69) is 15.5 Å². The van der Waals surface area contributed by atoms with E-state index in [0.717, 1.165) is 5.56 Å². The first kappa shape index (κ1) is 11.1. The van der Waals surface area contributed by atoms with Gasteiger partial charge in [0.1, 0.15) is 5.75 Å². The second-order valence-electron chi connectivity index (χ2n) is 3.58. The molecular weight excluding hydrogens is 218 g/mol. The Kier molecular flexibility index (Phi) is 3.00. The molecule has 5 heteroatoms. The molecule has 2 N–H and O–H groups in total. The lowest BCUT2D eigenvalue weighted by atomic mass is 10.1. The van der Waals surface area contributed by atoms with E-state index in [1.165, 1.54) is 12.3 Å². The second-order valence-corrected chi connectivity index (χ2v) is 3.58. The van der Waals surface area contributed by atoms with Crippen molar-refractivity contribution in [3.05, 3.63) is 47.7 Å². The van der Waals surface area contributed by atoms with Crippen LogP contribution in [-0.4, -0.2) is 21.2 Å². The van der Waals surface area contributed by atoms with Crippen molar-refractivity contribution in [3.63, 3.8) is 0 Å². The van der Waals surface area contributed by atoms with Crippen LogP contribution >= 0.6 is 0 Å². The van der Waals surface area contributed by atoms with Gasteiger partial charge in [-0.2, -0.15) is 5.10 Å². The third kappa shape index (κ3) is 2.57. The fraction of sp³-hybridized carbons (Fsp3) is 0.0833. The predicted molar refractivity (Wildman–Crippen MR) is 62.8 cm³/mol. The SMILES string of the molecule is Cc1ccc(O)c(C(=O)Nc2cccnn2)c1.